The number of hydrogen-bond acceptors (Lipinski definition) is 7. The first-order valence-corrected chi connectivity index (χ1v) is 25.7. The van der Waals surface area contributed by atoms with Crippen LogP contribution in [0.4, 0.5) is 0 Å². The molecule has 1 rings (SSSR count). The number of hydrogen-bond donors (Lipinski definition) is 5. The maximum Gasteiger partial charge on any atom is 0.303 e. The van der Waals surface area contributed by atoms with Crippen LogP contribution in [0.5, 0.6) is 0 Å². The second-order valence-electron chi connectivity index (χ2n) is 18.2. The molecule has 0 saturated carbocycles. The van der Waals surface area contributed by atoms with Crippen molar-refractivity contribution in [1.29, 1.82) is 0 Å². The number of unbranched alkanes of at least 4 members (excludes halogenated alkanes) is 32. The molecule has 0 aromatic heterocycles. The van der Waals surface area contributed by atoms with Crippen molar-refractivity contribution >= 4 is 17.8 Å². The van der Waals surface area contributed by atoms with E-state index in [1.807, 2.05) is 0 Å². The highest BCUT2D eigenvalue weighted by molar-refractivity contribution is 5.78. The zero-order chi connectivity index (χ0) is 43.9. The summed E-state index contributed by atoms with van der Waals surface area (Å²) in [4.78, 5) is 39.6. The van der Waals surface area contributed by atoms with Crippen LogP contribution in [0.1, 0.15) is 258 Å². The Morgan fingerprint density at radius 1 is 0.483 bits per heavy atom. The predicted octanol–water partition coefficient (Wildman–Crippen LogP) is 11.7. The molecule has 2 amide bonds. The van der Waals surface area contributed by atoms with Crippen molar-refractivity contribution in [2.24, 2.45) is 0 Å². The number of nitrogens with one attached hydrogen (secondary N) is 1. The van der Waals surface area contributed by atoms with Crippen molar-refractivity contribution in [1.82, 2.24) is 10.2 Å². The average Bonchev–Trinajstić information content (AvgIpc) is 3.23. The van der Waals surface area contributed by atoms with Gasteiger partial charge in [0, 0.05) is 25.8 Å². The van der Waals surface area contributed by atoms with E-state index in [-0.39, 0.29) is 24.7 Å². The lowest BCUT2D eigenvalue weighted by Gasteiger charge is -2.47. The van der Waals surface area contributed by atoms with E-state index in [1.54, 1.807) is 4.90 Å². The fourth-order valence-electron chi connectivity index (χ4n) is 8.71. The van der Waals surface area contributed by atoms with Gasteiger partial charge in [-0.3, -0.25) is 14.4 Å². The molecule has 10 nitrogen and oxygen atoms in total. The number of nitrogens with zero attached hydrogens (tertiary/aromatic N) is 1. The molecule has 0 aromatic rings. The lowest BCUT2D eigenvalue weighted by Crippen LogP contribution is -2.68. The molecule has 0 radical (unpaired) electrons. The molecule has 1 aliphatic heterocycles. The minimum absolute atomic E-state index is 0.0892. The third kappa shape index (κ3) is 29.5. The summed E-state index contributed by atoms with van der Waals surface area (Å²) in [5.41, 5.74) is 0. The van der Waals surface area contributed by atoms with E-state index < -0.39 is 43.2 Å². The van der Waals surface area contributed by atoms with Gasteiger partial charge >= 0.3 is 5.97 Å². The first kappa shape index (κ1) is 56.3. The summed E-state index contributed by atoms with van der Waals surface area (Å²) in [6, 6.07) is -1.05. The Labute approximate surface area is 368 Å². The van der Waals surface area contributed by atoms with Crippen molar-refractivity contribution < 1.29 is 39.5 Å². The SMILES string of the molecule is CCCCCCCCCCCCCCCCCCN(C(=O)CCCCCCCCCCCCCCCCC)[C@@H]1O[C@H](CO)[C@H](O)[C@H](O)[C@H]1NC(=O)CCCCCCC(=O)O. The molecule has 10 heteroatoms. The van der Waals surface area contributed by atoms with Gasteiger partial charge in [-0.1, -0.05) is 213 Å². The third-order valence-corrected chi connectivity index (χ3v) is 12.6. The summed E-state index contributed by atoms with van der Waals surface area (Å²) < 4.78 is 6.18. The quantitative estimate of drug-likeness (QED) is 0.0380. The van der Waals surface area contributed by atoms with Crippen molar-refractivity contribution in [3.63, 3.8) is 0 Å². The first-order valence-electron chi connectivity index (χ1n) is 25.7. The molecular weight excluding hydrogens is 757 g/mol. The molecule has 60 heavy (non-hydrogen) atoms. The summed E-state index contributed by atoms with van der Waals surface area (Å²) >= 11 is 0. The van der Waals surface area contributed by atoms with Gasteiger partial charge in [-0.25, -0.2) is 0 Å². The molecule has 5 atom stereocenters. The minimum Gasteiger partial charge on any atom is -0.481 e. The molecule has 354 valence electrons. The van der Waals surface area contributed by atoms with Gasteiger partial charge in [0.15, 0.2) is 6.23 Å². The van der Waals surface area contributed by atoms with Crippen LogP contribution in [0.25, 0.3) is 0 Å². The fraction of sp³-hybridized carbons (Fsp3) is 0.940. The van der Waals surface area contributed by atoms with Crippen LogP contribution in [0.3, 0.4) is 0 Å². The Balaban J connectivity index is 2.65. The molecule has 0 bridgehead atoms. The smallest absolute Gasteiger partial charge is 0.303 e. The number of carboxylic acid groups (broad SMARTS) is 1. The lowest BCUT2D eigenvalue weighted by atomic mass is 9.94. The highest BCUT2D eigenvalue weighted by atomic mass is 16.5. The molecule has 1 aliphatic rings. The highest BCUT2D eigenvalue weighted by Gasteiger charge is 2.48. The Morgan fingerprint density at radius 2 is 0.833 bits per heavy atom. The van der Waals surface area contributed by atoms with E-state index in [1.165, 1.54) is 154 Å². The molecule has 0 aromatic carbocycles. The van der Waals surface area contributed by atoms with Gasteiger partial charge in [-0.05, 0) is 25.7 Å². The van der Waals surface area contributed by atoms with E-state index in [4.69, 9.17) is 9.84 Å². The number of aliphatic hydroxyl groups excluding tert-OH is 3. The Morgan fingerprint density at radius 3 is 1.22 bits per heavy atom. The van der Waals surface area contributed by atoms with Gasteiger partial charge in [0.1, 0.15) is 24.4 Å². The zero-order valence-corrected chi connectivity index (χ0v) is 39.0. The maximum atomic E-state index is 14.0. The van der Waals surface area contributed by atoms with Crippen LogP contribution in [0.2, 0.25) is 0 Å². The molecule has 0 spiro atoms. The maximum absolute atomic E-state index is 14.0. The highest BCUT2D eigenvalue weighted by Crippen LogP contribution is 2.26. The number of carboxylic acids is 1. The Bertz CT molecular complexity index is 1010. The van der Waals surface area contributed by atoms with Gasteiger partial charge in [0.25, 0.3) is 0 Å². The van der Waals surface area contributed by atoms with Crippen LogP contribution >= 0.6 is 0 Å². The molecular formula is C50H96N2O8. The normalized spacial score (nSPS) is 19.1. The van der Waals surface area contributed by atoms with Gasteiger partial charge in [-0.15, -0.1) is 0 Å². The van der Waals surface area contributed by atoms with Crippen LogP contribution in [-0.2, 0) is 19.1 Å². The fourth-order valence-corrected chi connectivity index (χ4v) is 8.71. The largest absolute Gasteiger partial charge is 0.481 e. The Hall–Kier alpha value is -1.75. The third-order valence-electron chi connectivity index (χ3n) is 12.6. The van der Waals surface area contributed by atoms with Crippen LogP contribution in [0.15, 0.2) is 0 Å². The van der Waals surface area contributed by atoms with Crippen molar-refractivity contribution in [3.8, 4) is 0 Å². The molecule has 1 fully saturated rings. The van der Waals surface area contributed by atoms with Crippen LogP contribution < -0.4 is 5.32 Å². The van der Waals surface area contributed by atoms with Crippen molar-refractivity contribution in [3.05, 3.63) is 0 Å². The monoisotopic (exact) mass is 853 g/mol. The second kappa shape index (κ2) is 40.1. The lowest BCUT2D eigenvalue weighted by molar-refractivity contribution is -0.231. The van der Waals surface area contributed by atoms with Gasteiger partial charge < -0.3 is 35.4 Å². The number of aliphatic carboxylic acids is 1. The molecule has 0 unspecified atom stereocenters. The number of ether oxygens (including phenoxy) is 1. The second-order valence-corrected chi connectivity index (χ2v) is 18.2. The van der Waals surface area contributed by atoms with Crippen molar-refractivity contribution in [2.45, 2.75) is 288 Å². The Kier molecular flexibility index (Phi) is 37.6. The van der Waals surface area contributed by atoms with E-state index in [0.29, 0.717) is 38.6 Å². The average molecular weight is 853 g/mol. The minimum atomic E-state index is -1.42. The standard InChI is InChI=1S/C50H96N2O8/c1-3-5-7-9-11-13-15-17-19-21-23-25-27-29-33-37-41-52(45(55)39-35-30-28-26-24-22-20-18-16-14-12-10-8-6-4-2)50-47(49(59)48(58)43(42-53)60-50)51-44(54)38-34-31-32-36-40-46(56)57/h43,47-50,53,58-59H,3-42H2,1-2H3,(H,51,54)(H,56,57)/t43-,47-,48+,49-,50-/m1/s1. The molecule has 5 N–H and O–H groups in total. The molecule has 1 saturated heterocycles. The number of carbonyl (C=O) groups excluding carboxylic acids is 2. The van der Waals surface area contributed by atoms with E-state index in [2.05, 4.69) is 19.2 Å². The van der Waals surface area contributed by atoms with E-state index in [9.17, 15) is 29.7 Å². The van der Waals surface area contributed by atoms with Crippen molar-refractivity contribution in [2.75, 3.05) is 13.2 Å². The number of carbonyl (C=O) groups is 3. The summed E-state index contributed by atoms with van der Waals surface area (Å²) in [6.45, 7) is 4.42. The number of amides is 2. The van der Waals surface area contributed by atoms with E-state index >= 15 is 0 Å². The van der Waals surface area contributed by atoms with Gasteiger partial charge in [0.05, 0.1) is 6.61 Å². The van der Waals surface area contributed by atoms with Gasteiger partial charge in [0.2, 0.25) is 11.8 Å². The van der Waals surface area contributed by atoms with Gasteiger partial charge in [-0.2, -0.15) is 0 Å². The molecule has 0 aliphatic carbocycles. The summed E-state index contributed by atoms with van der Waals surface area (Å²) in [6.07, 6.45) is 36.9. The first-order chi connectivity index (χ1) is 29.3. The summed E-state index contributed by atoms with van der Waals surface area (Å²) in [7, 11) is 0. The van der Waals surface area contributed by atoms with E-state index in [0.717, 1.165) is 44.9 Å². The predicted molar refractivity (Wildman–Crippen MR) is 246 cm³/mol. The van der Waals surface area contributed by atoms with Crippen LogP contribution in [0, 0.1) is 0 Å². The number of rotatable bonds is 43. The topological polar surface area (TPSA) is 157 Å². The zero-order valence-electron chi connectivity index (χ0n) is 39.0. The summed E-state index contributed by atoms with van der Waals surface area (Å²) in [5, 5.41) is 43.9. The van der Waals surface area contributed by atoms with Crippen LogP contribution in [-0.4, -0.2) is 86.8 Å². The number of aliphatic hydroxyl groups is 3. The summed E-state index contributed by atoms with van der Waals surface area (Å²) in [5.74, 6) is -1.24. The molecule has 1 heterocycles.